The van der Waals surface area contributed by atoms with Crippen LogP contribution >= 0.6 is 0 Å². The van der Waals surface area contributed by atoms with E-state index in [0.717, 1.165) is 62.3 Å². The van der Waals surface area contributed by atoms with Crippen LogP contribution in [-0.2, 0) is 13.0 Å². The molecule has 2 aromatic rings. The number of hydrogen-bond acceptors (Lipinski definition) is 6. The Bertz CT molecular complexity index is 648. The van der Waals surface area contributed by atoms with E-state index >= 15 is 0 Å². The van der Waals surface area contributed by atoms with Crippen LogP contribution in [0.4, 0.5) is 5.69 Å². The zero-order valence-corrected chi connectivity index (χ0v) is 14.7. The molecule has 0 N–H and O–H groups in total. The molecule has 0 aliphatic carbocycles. The highest BCUT2D eigenvalue weighted by Crippen LogP contribution is 2.28. The van der Waals surface area contributed by atoms with Gasteiger partial charge in [-0.05, 0) is 18.1 Å². The predicted octanol–water partition coefficient (Wildman–Crippen LogP) is 2.60. The van der Waals surface area contributed by atoms with Crippen molar-refractivity contribution in [2.45, 2.75) is 26.8 Å². The maximum absolute atomic E-state index is 5.47. The summed E-state index contributed by atoms with van der Waals surface area (Å²) in [5.74, 6) is 3.00. The number of rotatable bonds is 6. The number of piperazine rings is 1. The summed E-state index contributed by atoms with van der Waals surface area (Å²) in [5.41, 5.74) is 1.16. The molecule has 1 saturated heterocycles. The van der Waals surface area contributed by atoms with Crippen molar-refractivity contribution in [2.24, 2.45) is 5.92 Å². The maximum atomic E-state index is 5.47. The lowest BCUT2D eigenvalue weighted by Gasteiger charge is -2.35. The largest absolute Gasteiger partial charge is 0.495 e. The molecule has 6 heteroatoms. The fraction of sp³-hybridized carbons (Fsp3) is 0.556. The van der Waals surface area contributed by atoms with Gasteiger partial charge < -0.3 is 14.2 Å². The second kappa shape index (κ2) is 7.66. The fourth-order valence-corrected chi connectivity index (χ4v) is 3.03. The van der Waals surface area contributed by atoms with E-state index in [1.54, 1.807) is 7.11 Å². The van der Waals surface area contributed by atoms with Crippen molar-refractivity contribution in [1.29, 1.82) is 0 Å². The van der Waals surface area contributed by atoms with Crippen LogP contribution in [0.3, 0.4) is 0 Å². The molecular formula is C18H26N4O2. The van der Waals surface area contributed by atoms with Gasteiger partial charge in [-0.15, -0.1) is 0 Å². The lowest BCUT2D eigenvalue weighted by atomic mass is 10.1. The van der Waals surface area contributed by atoms with Crippen molar-refractivity contribution in [3.05, 3.63) is 36.0 Å². The van der Waals surface area contributed by atoms with Gasteiger partial charge in [0.1, 0.15) is 5.75 Å². The highest BCUT2D eigenvalue weighted by atomic mass is 16.5. The van der Waals surface area contributed by atoms with Crippen molar-refractivity contribution in [3.8, 4) is 5.75 Å². The summed E-state index contributed by atoms with van der Waals surface area (Å²) in [6.07, 6.45) is 0.866. The first-order chi connectivity index (χ1) is 11.7. The number of para-hydroxylation sites is 2. The molecule has 0 atom stereocenters. The van der Waals surface area contributed by atoms with Crippen molar-refractivity contribution >= 4 is 5.69 Å². The number of ether oxygens (including phenoxy) is 1. The van der Waals surface area contributed by atoms with Crippen LogP contribution in [0.25, 0.3) is 0 Å². The highest BCUT2D eigenvalue weighted by Gasteiger charge is 2.21. The molecule has 1 aromatic heterocycles. The Morgan fingerprint density at radius 2 is 1.92 bits per heavy atom. The minimum absolute atomic E-state index is 0.542. The van der Waals surface area contributed by atoms with Gasteiger partial charge >= 0.3 is 0 Å². The van der Waals surface area contributed by atoms with Gasteiger partial charge in [-0.1, -0.05) is 31.1 Å². The van der Waals surface area contributed by atoms with Gasteiger partial charge in [0.15, 0.2) is 5.82 Å². The van der Waals surface area contributed by atoms with Gasteiger partial charge in [0.25, 0.3) is 0 Å². The Hall–Kier alpha value is -2.08. The zero-order chi connectivity index (χ0) is 16.9. The second-order valence-corrected chi connectivity index (χ2v) is 6.64. The molecule has 130 valence electrons. The normalized spacial score (nSPS) is 15.9. The van der Waals surface area contributed by atoms with Crippen LogP contribution in [0.15, 0.2) is 28.8 Å². The van der Waals surface area contributed by atoms with E-state index in [9.17, 15) is 0 Å². The summed E-state index contributed by atoms with van der Waals surface area (Å²) < 4.78 is 10.8. The lowest BCUT2D eigenvalue weighted by molar-refractivity contribution is 0.215. The van der Waals surface area contributed by atoms with Crippen LogP contribution in [-0.4, -0.2) is 48.3 Å². The minimum Gasteiger partial charge on any atom is -0.495 e. The SMILES string of the molecule is COc1ccccc1N1CCN(Cc2nc(CC(C)C)no2)CC1. The molecule has 1 fully saturated rings. The molecule has 0 unspecified atom stereocenters. The van der Waals surface area contributed by atoms with Crippen LogP contribution in [0.2, 0.25) is 0 Å². The average molecular weight is 330 g/mol. The molecule has 0 saturated carbocycles. The Balaban J connectivity index is 1.54. The molecular weight excluding hydrogens is 304 g/mol. The number of anilines is 1. The standard InChI is InChI=1S/C18H26N4O2/c1-14(2)12-17-19-18(24-20-17)13-21-8-10-22(11-9-21)15-6-4-5-7-16(15)23-3/h4-7,14H,8-13H2,1-3H3. The topological polar surface area (TPSA) is 54.6 Å². The zero-order valence-electron chi connectivity index (χ0n) is 14.7. The van der Waals surface area contributed by atoms with Crippen molar-refractivity contribution in [3.63, 3.8) is 0 Å². The van der Waals surface area contributed by atoms with Gasteiger partial charge in [-0.2, -0.15) is 4.98 Å². The predicted molar refractivity (Wildman–Crippen MR) is 93.3 cm³/mol. The Kier molecular flexibility index (Phi) is 5.35. The first-order valence-electron chi connectivity index (χ1n) is 8.57. The van der Waals surface area contributed by atoms with Gasteiger partial charge in [0, 0.05) is 32.6 Å². The molecule has 1 aliphatic rings. The van der Waals surface area contributed by atoms with Crippen LogP contribution < -0.4 is 9.64 Å². The van der Waals surface area contributed by atoms with E-state index in [4.69, 9.17) is 9.26 Å². The van der Waals surface area contributed by atoms with Gasteiger partial charge in [0.05, 0.1) is 19.3 Å². The van der Waals surface area contributed by atoms with Gasteiger partial charge in [-0.3, -0.25) is 4.90 Å². The maximum Gasteiger partial charge on any atom is 0.240 e. The fourth-order valence-electron chi connectivity index (χ4n) is 3.03. The molecule has 24 heavy (non-hydrogen) atoms. The lowest BCUT2D eigenvalue weighted by Crippen LogP contribution is -2.46. The molecule has 3 rings (SSSR count). The van der Waals surface area contributed by atoms with Gasteiger partial charge in [-0.25, -0.2) is 0 Å². The summed E-state index contributed by atoms with van der Waals surface area (Å²) in [6.45, 7) is 8.92. The minimum atomic E-state index is 0.542. The monoisotopic (exact) mass is 330 g/mol. The third-order valence-corrected chi connectivity index (χ3v) is 4.26. The first kappa shape index (κ1) is 16.8. The summed E-state index contributed by atoms with van der Waals surface area (Å²) in [7, 11) is 1.72. The first-order valence-corrected chi connectivity index (χ1v) is 8.57. The van der Waals surface area contributed by atoms with E-state index in [1.807, 2.05) is 12.1 Å². The molecule has 1 aliphatic heterocycles. The Labute approximate surface area is 143 Å². The molecule has 1 aromatic carbocycles. The molecule has 0 amide bonds. The number of nitrogens with zero attached hydrogens (tertiary/aromatic N) is 4. The molecule has 0 bridgehead atoms. The summed E-state index contributed by atoms with van der Waals surface area (Å²) in [5, 5.41) is 4.07. The Morgan fingerprint density at radius 3 is 2.62 bits per heavy atom. The number of methoxy groups -OCH3 is 1. The van der Waals surface area contributed by atoms with E-state index in [-0.39, 0.29) is 0 Å². The smallest absolute Gasteiger partial charge is 0.240 e. The van der Waals surface area contributed by atoms with E-state index in [0.29, 0.717) is 5.92 Å². The average Bonchev–Trinajstić information content (AvgIpc) is 3.01. The quantitative estimate of drug-likeness (QED) is 0.811. The van der Waals surface area contributed by atoms with Crippen LogP contribution in [0, 0.1) is 5.92 Å². The molecule has 2 heterocycles. The van der Waals surface area contributed by atoms with E-state index in [1.165, 1.54) is 0 Å². The number of aromatic nitrogens is 2. The van der Waals surface area contributed by atoms with Crippen LogP contribution in [0.5, 0.6) is 5.75 Å². The van der Waals surface area contributed by atoms with Crippen molar-refractivity contribution in [2.75, 3.05) is 38.2 Å². The van der Waals surface area contributed by atoms with Crippen molar-refractivity contribution < 1.29 is 9.26 Å². The third kappa shape index (κ3) is 4.06. The summed E-state index contributed by atoms with van der Waals surface area (Å²) in [4.78, 5) is 9.22. The molecule has 0 spiro atoms. The van der Waals surface area contributed by atoms with Crippen LogP contribution in [0.1, 0.15) is 25.6 Å². The van der Waals surface area contributed by atoms with Gasteiger partial charge in [0.2, 0.25) is 5.89 Å². The summed E-state index contributed by atoms with van der Waals surface area (Å²) in [6, 6.07) is 8.18. The number of benzene rings is 1. The Morgan fingerprint density at radius 1 is 1.17 bits per heavy atom. The van der Waals surface area contributed by atoms with E-state index in [2.05, 4.69) is 45.9 Å². The second-order valence-electron chi connectivity index (χ2n) is 6.64. The summed E-state index contributed by atoms with van der Waals surface area (Å²) >= 11 is 0. The van der Waals surface area contributed by atoms with E-state index < -0.39 is 0 Å². The highest BCUT2D eigenvalue weighted by molar-refractivity contribution is 5.58. The molecule has 0 radical (unpaired) electrons. The van der Waals surface area contributed by atoms with Crippen molar-refractivity contribution in [1.82, 2.24) is 15.0 Å². The number of hydrogen-bond donors (Lipinski definition) is 0. The molecule has 6 nitrogen and oxygen atoms in total. The third-order valence-electron chi connectivity index (χ3n) is 4.26.